The Kier molecular flexibility index (Phi) is 8.36. The maximum Gasteiger partial charge on any atom is 0.118 e. The molecule has 1 atom stereocenters. The lowest BCUT2D eigenvalue weighted by Gasteiger charge is -2.18. The average Bonchev–Trinajstić information content (AvgIpc) is 2.64. The molecule has 24 heavy (non-hydrogen) atoms. The second kappa shape index (κ2) is 10.8. The minimum Gasteiger partial charge on any atom is -0.497 e. The Labute approximate surface area is 146 Å². The summed E-state index contributed by atoms with van der Waals surface area (Å²) in [5.74, 6) is 1.49. The first-order valence-corrected chi connectivity index (χ1v) is 8.77. The largest absolute Gasteiger partial charge is 0.497 e. The lowest BCUT2D eigenvalue weighted by Crippen LogP contribution is -2.25. The van der Waals surface area contributed by atoms with Crippen molar-refractivity contribution in [1.82, 2.24) is 5.32 Å². The van der Waals surface area contributed by atoms with E-state index in [0.29, 0.717) is 12.5 Å². The summed E-state index contributed by atoms with van der Waals surface area (Å²) in [4.78, 5) is 0. The highest BCUT2D eigenvalue weighted by molar-refractivity contribution is 5.27. The first-order chi connectivity index (χ1) is 11.8. The third-order valence-electron chi connectivity index (χ3n) is 4.15. The van der Waals surface area contributed by atoms with Gasteiger partial charge >= 0.3 is 0 Å². The molecule has 1 unspecified atom stereocenters. The zero-order valence-electron chi connectivity index (χ0n) is 14.8. The SMILES string of the molecule is CCNCC(CCOCc1ccccc1)Cc1ccc(OC)cc1. The molecule has 130 valence electrons. The highest BCUT2D eigenvalue weighted by Crippen LogP contribution is 2.16. The average molecular weight is 327 g/mol. The van der Waals surface area contributed by atoms with Gasteiger partial charge in [0.15, 0.2) is 0 Å². The van der Waals surface area contributed by atoms with Crippen molar-refractivity contribution >= 4 is 0 Å². The van der Waals surface area contributed by atoms with Gasteiger partial charge in [-0.1, -0.05) is 49.4 Å². The third kappa shape index (κ3) is 6.73. The molecular formula is C21H29NO2. The predicted molar refractivity (Wildman–Crippen MR) is 99.4 cm³/mol. The number of hydrogen-bond acceptors (Lipinski definition) is 3. The van der Waals surface area contributed by atoms with Gasteiger partial charge in [-0.15, -0.1) is 0 Å². The van der Waals surface area contributed by atoms with E-state index in [1.807, 2.05) is 18.2 Å². The Balaban J connectivity index is 1.78. The summed E-state index contributed by atoms with van der Waals surface area (Å²) in [6, 6.07) is 18.7. The molecule has 0 bridgehead atoms. The summed E-state index contributed by atoms with van der Waals surface area (Å²) in [6.07, 6.45) is 2.12. The van der Waals surface area contributed by atoms with Gasteiger partial charge in [0.05, 0.1) is 13.7 Å². The first-order valence-electron chi connectivity index (χ1n) is 8.77. The molecule has 2 rings (SSSR count). The van der Waals surface area contributed by atoms with Crippen molar-refractivity contribution in [2.75, 3.05) is 26.8 Å². The molecule has 0 amide bonds. The van der Waals surface area contributed by atoms with Crippen LogP contribution in [-0.4, -0.2) is 26.8 Å². The van der Waals surface area contributed by atoms with Crippen LogP contribution in [0.4, 0.5) is 0 Å². The molecular weight excluding hydrogens is 298 g/mol. The van der Waals surface area contributed by atoms with Crippen LogP contribution in [0.5, 0.6) is 5.75 Å². The van der Waals surface area contributed by atoms with Crippen LogP contribution in [0.15, 0.2) is 54.6 Å². The van der Waals surface area contributed by atoms with Crippen molar-refractivity contribution in [2.45, 2.75) is 26.4 Å². The van der Waals surface area contributed by atoms with Crippen LogP contribution in [0.3, 0.4) is 0 Å². The standard InChI is InChI=1S/C21H29NO2/c1-3-22-16-20(15-18-9-11-21(23-2)12-10-18)13-14-24-17-19-7-5-4-6-8-19/h4-12,20,22H,3,13-17H2,1-2H3. The maximum atomic E-state index is 5.86. The van der Waals surface area contributed by atoms with Gasteiger partial charge in [0.25, 0.3) is 0 Å². The highest BCUT2D eigenvalue weighted by Gasteiger charge is 2.10. The topological polar surface area (TPSA) is 30.5 Å². The summed E-state index contributed by atoms with van der Waals surface area (Å²) in [6.45, 7) is 5.66. The van der Waals surface area contributed by atoms with E-state index >= 15 is 0 Å². The zero-order valence-corrected chi connectivity index (χ0v) is 14.8. The summed E-state index contributed by atoms with van der Waals surface area (Å²) in [5, 5.41) is 3.47. The van der Waals surface area contributed by atoms with E-state index in [9.17, 15) is 0 Å². The van der Waals surface area contributed by atoms with Gasteiger partial charge in [0.1, 0.15) is 5.75 Å². The Morgan fingerprint density at radius 3 is 2.38 bits per heavy atom. The van der Waals surface area contributed by atoms with Gasteiger partial charge in [-0.05, 0) is 55.1 Å². The molecule has 0 aliphatic carbocycles. The summed E-state index contributed by atoms with van der Waals surface area (Å²) in [5.41, 5.74) is 2.58. The molecule has 0 aliphatic rings. The molecule has 3 nitrogen and oxygen atoms in total. The molecule has 0 saturated carbocycles. The predicted octanol–water partition coefficient (Wildman–Crippen LogP) is 4.07. The van der Waals surface area contributed by atoms with E-state index in [1.54, 1.807) is 7.11 Å². The summed E-state index contributed by atoms with van der Waals surface area (Å²) in [7, 11) is 1.70. The van der Waals surface area contributed by atoms with Crippen LogP contribution >= 0.6 is 0 Å². The number of hydrogen-bond donors (Lipinski definition) is 1. The minimum absolute atomic E-state index is 0.578. The van der Waals surface area contributed by atoms with Gasteiger partial charge in [-0.3, -0.25) is 0 Å². The van der Waals surface area contributed by atoms with Crippen LogP contribution in [-0.2, 0) is 17.8 Å². The smallest absolute Gasteiger partial charge is 0.118 e. The maximum absolute atomic E-state index is 5.86. The molecule has 0 fully saturated rings. The van der Waals surface area contributed by atoms with Crippen molar-refractivity contribution in [3.8, 4) is 5.75 Å². The number of rotatable bonds is 11. The number of nitrogens with one attached hydrogen (secondary N) is 1. The molecule has 0 aromatic heterocycles. The number of benzene rings is 2. The van der Waals surface area contributed by atoms with Crippen molar-refractivity contribution in [3.63, 3.8) is 0 Å². The zero-order chi connectivity index (χ0) is 17.0. The van der Waals surface area contributed by atoms with E-state index in [0.717, 1.165) is 38.3 Å². The van der Waals surface area contributed by atoms with Gasteiger partial charge in [-0.25, -0.2) is 0 Å². The van der Waals surface area contributed by atoms with E-state index in [1.165, 1.54) is 11.1 Å². The molecule has 2 aromatic rings. The minimum atomic E-state index is 0.578. The number of methoxy groups -OCH3 is 1. The molecule has 3 heteroatoms. The lowest BCUT2D eigenvalue weighted by molar-refractivity contribution is 0.107. The molecule has 0 saturated heterocycles. The molecule has 1 N–H and O–H groups in total. The summed E-state index contributed by atoms with van der Waals surface area (Å²) >= 11 is 0. The van der Waals surface area contributed by atoms with Crippen LogP contribution in [0.25, 0.3) is 0 Å². The van der Waals surface area contributed by atoms with Crippen LogP contribution in [0.2, 0.25) is 0 Å². The van der Waals surface area contributed by atoms with Crippen molar-refractivity contribution in [2.24, 2.45) is 5.92 Å². The van der Waals surface area contributed by atoms with Crippen molar-refractivity contribution < 1.29 is 9.47 Å². The van der Waals surface area contributed by atoms with E-state index in [2.05, 4.69) is 48.6 Å². The van der Waals surface area contributed by atoms with Crippen LogP contribution in [0, 0.1) is 5.92 Å². The fourth-order valence-electron chi connectivity index (χ4n) is 2.73. The Morgan fingerprint density at radius 2 is 1.71 bits per heavy atom. The molecule has 0 heterocycles. The van der Waals surface area contributed by atoms with Gasteiger partial charge in [0, 0.05) is 6.61 Å². The highest BCUT2D eigenvalue weighted by atomic mass is 16.5. The Hall–Kier alpha value is -1.84. The quantitative estimate of drug-likeness (QED) is 0.631. The monoisotopic (exact) mass is 327 g/mol. The Morgan fingerprint density at radius 1 is 0.958 bits per heavy atom. The second-order valence-electron chi connectivity index (χ2n) is 6.05. The fourth-order valence-corrected chi connectivity index (χ4v) is 2.73. The van der Waals surface area contributed by atoms with E-state index < -0.39 is 0 Å². The van der Waals surface area contributed by atoms with E-state index in [4.69, 9.17) is 9.47 Å². The van der Waals surface area contributed by atoms with E-state index in [-0.39, 0.29) is 0 Å². The van der Waals surface area contributed by atoms with Crippen LogP contribution in [0.1, 0.15) is 24.5 Å². The fraction of sp³-hybridized carbons (Fsp3) is 0.429. The molecule has 0 aliphatic heterocycles. The normalized spacial score (nSPS) is 12.1. The van der Waals surface area contributed by atoms with Crippen LogP contribution < -0.4 is 10.1 Å². The molecule has 0 radical (unpaired) electrons. The van der Waals surface area contributed by atoms with Gasteiger partial charge in [0.2, 0.25) is 0 Å². The van der Waals surface area contributed by atoms with Crippen molar-refractivity contribution in [3.05, 3.63) is 65.7 Å². The lowest BCUT2D eigenvalue weighted by atomic mass is 9.96. The number of ether oxygens (including phenoxy) is 2. The van der Waals surface area contributed by atoms with Gasteiger partial charge < -0.3 is 14.8 Å². The Bertz CT molecular complexity index is 554. The molecule has 2 aromatic carbocycles. The second-order valence-corrected chi connectivity index (χ2v) is 6.05. The third-order valence-corrected chi connectivity index (χ3v) is 4.15. The first kappa shape index (κ1) is 18.5. The van der Waals surface area contributed by atoms with Gasteiger partial charge in [-0.2, -0.15) is 0 Å². The summed E-state index contributed by atoms with van der Waals surface area (Å²) < 4.78 is 11.1. The molecule has 0 spiro atoms. The van der Waals surface area contributed by atoms with Crippen molar-refractivity contribution in [1.29, 1.82) is 0 Å².